The smallest absolute Gasteiger partial charge is 0.189 e. The van der Waals surface area contributed by atoms with Crippen LogP contribution in [0, 0.1) is 13.8 Å². The van der Waals surface area contributed by atoms with E-state index in [2.05, 4.69) is 64.8 Å². The first kappa shape index (κ1) is 19.4. The first-order chi connectivity index (χ1) is 13.9. The highest BCUT2D eigenvalue weighted by molar-refractivity contribution is 7.23. The van der Waals surface area contributed by atoms with Crippen molar-refractivity contribution in [3.8, 4) is 21.1 Å². The van der Waals surface area contributed by atoms with Gasteiger partial charge in [-0.05, 0) is 43.7 Å². The highest BCUT2D eigenvalue weighted by Gasteiger charge is 2.16. The molecular formula is C22H23N5S2. The van der Waals surface area contributed by atoms with Crippen molar-refractivity contribution in [3.63, 3.8) is 0 Å². The summed E-state index contributed by atoms with van der Waals surface area (Å²) in [6.45, 7) is 4.22. The average Bonchev–Trinajstić information content (AvgIpc) is 3.29. The molecule has 5 nitrogen and oxygen atoms in total. The van der Waals surface area contributed by atoms with E-state index in [4.69, 9.17) is 10.7 Å². The number of anilines is 4. The Morgan fingerprint density at radius 3 is 2.45 bits per heavy atom. The minimum Gasteiger partial charge on any atom is -0.382 e. The van der Waals surface area contributed by atoms with Crippen molar-refractivity contribution in [1.82, 2.24) is 9.97 Å². The van der Waals surface area contributed by atoms with Crippen molar-refractivity contribution in [2.24, 2.45) is 0 Å². The van der Waals surface area contributed by atoms with Crippen LogP contribution in [0.1, 0.15) is 11.1 Å². The van der Waals surface area contributed by atoms with Crippen LogP contribution in [0.3, 0.4) is 0 Å². The second-order valence-electron chi connectivity index (χ2n) is 7.16. The Labute approximate surface area is 178 Å². The largest absolute Gasteiger partial charge is 0.382 e. The van der Waals surface area contributed by atoms with Gasteiger partial charge in [0, 0.05) is 36.4 Å². The van der Waals surface area contributed by atoms with E-state index in [0.29, 0.717) is 5.82 Å². The summed E-state index contributed by atoms with van der Waals surface area (Å²) in [6.07, 6.45) is 0. The zero-order valence-corrected chi connectivity index (χ0v) is 18.5. The molecule has 0 atom stereocenters. The molecule has 29 heavy (non-hydrogen) atoms. The lowest BCUT2D eigenvalue weighted by atomic mass is 10.0. The van der Waals surface area contributed by atoms with Crippen LogP contribution in [0.4, 0.5) is 22.3 Å². The number of hydrogen-bond donors (Lipinski definition) is 2. The highest BCUT2D eigenvalue weighted by Crippen LogP contribution is 2.39. The molecule has 0 radical (unpaired) electrons. The summed E-state index contributed by atoms with van der Waals surface area (Å²) in [5.74, 6) is 0.504. The third-order valence-corrected chi connectivity index (χ3v) is 6.63. The second kappa shape index (κ2) is 7.85. The fourth-order valence-corrected chi connectivity index (χ4v) is 4.93. The third kappa shape index (κ3) is 4.11. The topological polar surface area (TPSA) is 67.1 Å². The van der Waals surface area contributed by atoms with E-state index in [1.165, 1.54) is 22.5 Å². The maximum atomic E-state index is 6.21. The summed E-state index contributed by atoms with van der Waals surface area (Å²) in [7, 11) is 4.05. The van der Waals surface area contributed by atoms with Crippen molar-refractivity contribution in [2.45, 2.75) is 13.8 Å². The fraction of sp³-hybridized carbons (Fsp3) is 0.182. The third-order valence-electron chi connectivity index (χ3n) is 4.64. The van der Waals surface area contributed by atoms with E-state index >= 15 is 0 Å². The monoisotopic (exact) mass is 421 g/mol. The average molecular weight is 422 g/mol. The minimum absolute atomic E-state index is 0.504. The van der Waals surface area contributed by atoms with Crippen molar-refractivity contribution < 1.29 is 0 Å². The van der Waals surface area contributed by atoms with Gasteiger partial charge in [-0.15, -0.1) is 11.3 Å². The van der Waals surface area contributed by atoms with E-state index < -0.39 is 0 Å². The highest BCUT2D eigenvalue weighted by atomic mass is 32.1. The van der Waals surface area contributed by atoms with E-state index in [1.54, 1.807) is 11.3 Å². The molecule has 0 unspecified atom stereocenters. The molecule has 2 heterocycles. The molecule has 4 rings (SSSR count). The summed E-state index contributed by atoms with van der Waals surface area (Å²) in [6, 6.07) is 14.6. The molecule has 0 aliphatic rings. The van der Waals surface area contributed by atoms with Gasteiger partial charge in [0.1, 0.15) is 15.7 Å². The van der Waals surface area contributed by atoms with Crippen molar-refractivity contribution in [1.29, 1.82) is 0 Å². The molecule has 0 aliphatic carbocycles. The van der Waals surface area contributed by atoms with Gasteiger partial charge in [-0.1, -0.05) is 35.1 Å². The Morgan fingerprint density at radius 1 is 1.00 bits per heavy atom. The predicted molar refractivity (Wildman–Crippen MR) is 127 cm³/mol. The number of thiazole rings is 2. The van der Waals surface area contributed by atoms with Crippen LogP contribution < -0.4 is 16.0 Å². The molecule has 148 valence electrons. The number of nitrogens with one attached hydrogen (secondary N) is 1. The summed E-state index contributed by atoms with van der Waals surface area (Å²) < 4.78 is 0. The zero-order valence-electron chi connectivity index (χ0n) is 16.9. The van der Waals surface area contributed by atoms with Gasteiger partial charge in [-0.25, -0.2) is 9.97 Å². The number of hydrogen-bond acceptors (Lipinski definition) is 7. The van der Waals surface area contributed by atoms with Gasteiger partial charge in [0.2, 0.25) is 0 Å². The Kier molecular flexibility index (Phi) is 5.25. The van der Waals surface area contributed by atoms with Crippen LogP contribution in [0.25, 0.3) is 21.1 Å². The van der Waals surface area contributed by atoms with Gasteiger partial charge in [0.05, 0.1) is 5.69 Å². The van der Waals surface area contributed by atoms with E-state index in [9.17, 15) is 0 Å². The number of nitrogen functional groups attached to an aromatic ring is 1. The first-order valence-electron chi connectivity index (χ1n) is 9.25. The van der Waals surface area contributed by atoms with Gasteiger partial charge in [-0.3, -0.25) is 0 Å². The lowest BCUT2D eigenvalue weighted by Gasteiger charge is -2.12. The Morgan fingerprint density at radius 2 is 1.76 bits per heavy atom. The normalized spacial score (nSPS) is 10.9. The van der Waals surface area contributed by atoms with Gasteiger partial charge in [-0.2, -0.15) is 0 Å². The summed E-state index contributed by atoms with van der Waals surface area (Å²) in [5, 5.41) is 7.08. The Hall–Kier alpha value is -2.90. The van der Waals surface area contributed by atoms with Crippen LogP contribution in [-0.4, -0.2) is 24.1 Å². The van der Waals surface area contributed by atoms with Crippen LogP contribution >= 0.6 is 22.7 Å². The van der Waals surface area contributed by atoms with Crippen LogP contribution in [-0.2, 0) is 0 Å². The van der Waals surface area contributed by atoms with E-state index in [1.807, 2.05) is 26.2 Å². The van der Waals surface area contributed by atoms with Crippen molar-refractivity contribution >= 4 is 45.0 Å². The minimum atomic E-state index is 0.504. The lowest BCUT2D eigenvalue weighted by Crippen LogP contribution is -2.08. The summed E-state index contributed by atoms with van der Waals surface area (Å²) >= 11 is 3.12. The number of aromatic nitrogens is 2. The predicted octanol–water partition coefficient (Wildman–Crippen LogP) is 5.94. The molecule has 0 saturated heterocycles. The summed E-state index contributed by atoms with van der Waals surface area (Å²) in [4.78, 5) is 12.3. The number of aryl methyl sites for hydroxylation is 2. The Bertz CT molecular complexity index is 1140. The van der Waals surface area contributed by atoms with Crippen LogP contribution in [0.5, 0.6) is 0 Å². The number of nitrogens with zero attached hydrogens (tertiary/aromatic N) is 3. The zero-order chi connectivity index (χ0) is 20.5. The van der Waals surface area contributed by atoms with E-state index in [0.717, 1.165) is 37.6 Å². The molecular weight excluding hydrogens is 398 g/mol. The molecule has 0 saturated carbocycles. The second-order valence-corrected chi connectivity index (χ2v) is 9.01. The molecule has 0 aliphatic heterocycles. The molecule has 4 aromatic rings. The number of nitrogens with two attached hydrogens (primary N) is 1. The van der Waals surface area contributed by atoms with E-state index in [-0.39, 0.29) is 0 Å². The Balaban J connectivity index is 1.57. The maximum absolute atomic E-state index is 6.21. The first-order valence-corrected chi connectivity index (χ1v) is 10.9. The molecule has 3 N–H and O–H groups in total. The lowest BCUT2D eigenvalue weighted by molar-refractivity contribution is 1.13. The summed E-state index contributed by atoms with van der Waals surface area (Å²) in [5.41, 5.74) is 12.9. The van der Waals surface area contributed by atoms with Crippen molar-refractivity contribution in [3.05, 3.63) is 59.0 Å². The molecule has 2 aromatic heterocycles. The van der Waals surface area contributed by atoms with Crippen LogP contribution in [0.2, 0.25) is 0 Å². The molecule has 0 bridgehead atoms. The number of benzene rings is 2. The molecule has 0 spiro atoms. The van der Waals surface area contributed by atoms with Gasteiger partial charge in [0.25, 0.3) is 0 Å². The molecule has 2 aromatic carbocycles. The fourth-order valence-electron chi connectivity index (χ4n) is 3.11. The van der Waals surface area contributed by atoms with Gasteiger partial charge in [0.15, 0.2) is 5.13 Å². The molecule has 0 amide bonds. The van der Waals surface area contributed by atoms with Gasteiger partial charge >= 0.3 is 0 Å². The SMILES string of the molecule is Cc1ccc(-c2csc(-c3sc(Nc4ccc(N(C)C)cc4)nc3N)n2)c(C)c1. The number of rotatable bonds is 5. The quantitative estimate of drug-likeness (QED) is 0.417. The van der Waals surface area contributed by atoms with Crippen LogP contribution in [0.15, 0.2) is 47.8 Å². The molecule has 0 fully saturated rings. The van der Waals surface area contributed by atoms with Gasteiger partial charge < -0.3 is 16.0 Å². The maximum Gasteiger partial charge on any atom is 0.189 e. The molecule has 7 heteroatoms. The standard InChI is InChI=1S/C22H23N5S2/c1-13-5-10-17(14(2)11-13)18-12-28-21(25-18)19-20(23)26-22(29-19)24-15-6-8-16(9-7-15)27(3)4/h5-12H,23H2,1-4H3,(H,24,26). The van der Waals surface area contributed by atoms with Crippen molar-refractivity contribution in [2.75, 3.05) is 30.0 Å².